The number of carboxylic acid groups (broad SMARTS) is 1. The number of ether oxygens (including phenoxy) is 2. The minimum absolute atomic E-state index is 0.00356. The van der Waals surface area contributed by atoms with Gasteiger partial charge in [-0.15, -0.1) is 0 Å². The number of halogens is 3. The number of aliphatic carboxylic acids is 1. The molecule has 2 aliphatic heterocycles. The molecule has 1 aromatic rings. The molecule has 156 valence electrons. The van der Waals surface area contributed by atoms with Crippen LogP contribution >= 0.6 is 0 Å². The minimum Gasteiger partial charge on any atom is -0.475 e. The van der Waals surface area contributed by atoms with Crippen LogP contribution in [0, 0.1) is 5.92 Å². The Balaban J connectivity index is 0.000000345. The van der Waals surface area contributed by atoms with Crippen LogP contribution in [0.2, 0.25) is 0 Å². The van der Waals surface area contributed by atoms with Gasteiger partial charge in [0.1, 0.15) is 11.3 Å². The summed E-state index contributed by atoms with van der Waals surface area (Å²) >= 11 is 0. The molecule has 1 amide bonds. The lowest BCUT2D eigenvalue weighted by Crippen LogP contribution is -2.66. The number of alkyl halides is 3. The van der Waals surface area contributed by atoms with Crippen molar-refractivity contribution >= 4 is 11.9 Å². The van der Waals surface area contributed by atoms with Crippen molar-refractivity contribution in [3.05, 3.63) is 30.1 Å². The van der Waals surface area contributed by atoms with Crippen molar-refractivity contribution < 1.29 is 37.3 Å². The van der Waals surface area contributed by atoms with Crippen molar-refractivity contribution in [2.24, 2.45) is 5.92 Å². The standard InChI is InChI=1S/C16H22N2O3.C2HF3O2/c1-20-8-5-13-6-9-21-16(10-13)11-18(12-16)15(19)14-4-2-3-7-17-14;3-2(4,5)1(6)7/h2-4,7,13H,5-6,8-12H2,1H3;(H,6,7). The fraction of sp³-hybridized carbons (Fsp3) is 0.611. The third kappa shape index (κ3) is 5.90. The van der Waals surface area contributed by atoms with Crippen molar-refractivity contribution in [3.8, 4) is 0 Å². The number of nitrogens with zero attached hydrogens (tertiary/aromatic N) is 2. The number of rotatable bonds is 4. The predicted octanol–water partition coefficient (Wildman–Crippen LogP) is 2.37. The van der Waals surface area contributed by atoms with Gasteiger partial charge in [0.25, 0.3) is 5.91 Å². The summed E-state index contributed by atoms with van der Waals surface area (Å²) in [5.74, 6) is -2.11. The number of likely N-dealkylation sites (tertiary alicyclic amines) is 1. The number of carbonyl (C=O) groups is 2. The van der Waals surface area contributed by atoms with Gasteiger partial charge in [-0.3, -0.25) is 9.78 Å². The minimum atomic E-state index is -5.08. The van der Waals surface area contributed by atoms with Crippen molar-refractivity contribution in [2.45, 2.75) is 31.0 Å². The zero-order valence-corrected chi connectivity index (χ0v) is 15.4. The summed E-state index contributed by atoms with van der Waals surface area (Å²) in [5, 5.41) is 7.12. The topological polar surface area (TPSA) is 89.0 Å². The SMILES string of the molecule is COCCC1CCOC2(C1)CN(C(=O)c1ccccn1)C2.O=C(O)C(F)(F)F. The molecule has 7 nitrogen and oxygen atoms in total. The number of amides is 1. The van der Waals surface area contributed by atoms with Gasteiger partial charge in [-0.1, -0.05) is 6.07 Å². The first kappa shape index (κ1) is 22.1. The van der Waals surface area contributed by atoms with Gasteiger partial charge in [0.05, 0.1) is 13.1 Å². The average Bonchev–Trinajstić information content (AvgIpc) is 2.64. The summed E-state index contributed by atoms with van der Waals surface area (Å²) in [5.41, 5.74) is 0.389. The van der Waals surface area contributed by atoms with Gasteiger partial charge in [0, 0.05) is 26.5 Å². The maximum Gasteiger partial charge on any atom is 0.490 e. The first-order chi connectivity index (χ1) is 13.2. The molecule has 1 N–H and O–H groups in total. The molecule has 0 aliphatic carbocycles. The van der Waals surface area contributed by atoms with Crippen molar-refractivity contribution in [1.29, 1.82) is 0 Å². The number of methoxy groups -OCH3 is 1. The largest absolute Gasteiger partial charge is 0.490 e. The van der Waals surface area contributed by atoms with E-state index >= 15 is 0 Å². The summed E-state index contributed by atoms with van der Waals surface area (Å²) in [7, 11) is 1.74. The molecule has 0 saturated carbocycles. The van der Waals surface area contributed by atoms with Gasteiger partial charge in [-0.2, -0.15) is 13.2 Å². The van der Waals surface area contributed by atoms with Crippen LogP contribution in [0.3, 0.4) is 0 Å². The van der Waals surface area contributed by atoms with Gasteiger partial charge in [-0.25, -0.2) is 4.79 Å². The molecular formula is C18H23F3N2O5. The summed E-state index contributed by atoms with van der Waals surface area (Å²) in [6.07, 6.45) is -0.224. The van der Waals surface area contributed by atoms with E-state index in [1.165, 1.54) is 0 Å². The summed E-state index contributed by atoms with van der Waals surface area (Å²) < 4.78 is 42.9. The van der Waals surface area contributed by atoms with E-state index in [4.69, 9.17) is 19.4 Å². The number of pyridine rings is 1. The third-order valence-electron chi connectivity index (χ3n) is 4.70. The van der Waals surface area contributed by atoms with Crippen molar-refractivity contribution in [1.82, 2.24) is 9.88 Å². The maximum absolute atomic E-state index is 12.3. The molecule has 1 unspecified atom stereocenters. The zero-order valence-electron chi connectivity index (χ0n) is 15.4. The van der Waals surface area contributed by atoms with Gasteiger partial charge in [0.2, 0.25) is 0 Å². The highest BCUT2D eigenvalue weighted by Crippen LogP contribution is 2.38. The molecule has 1 aromatic heterocycles. The Kier molecular flexibility index (Phi) is 7.36. The van der Waals surface area contributed by atoms with Crippen LogP contribution < -0.4 is 0 Å². The summed E-state index contributed by atoms with van der Waals surface area (Å²) in [6, 6.07) is 5.42. The molecule has 0 bridgehead atoms. The van der Waals surface area contributed by atoms with E-state index < -0.39 is 12.1 Å². The van der Waals surface area contributed by atoms with E-state index in [0.29, 0.717) is 24.7 Å². The molecule has 0 aromatic carbocycles. The highest BCUT2D eigenvalue weighted by Gasteiger charge is 2.49. The van der Waals surface area contributed by atoms with Crippen LogP contribution in [-0.2, 0) is 14.3 Å². The molecule has 2 aliphatic rings. The lowest BCUT2D eigenvalue weighted by atomic mass is 9.79. The second-order valence-corrected chi connectivity index (χ2v) is 6.85. The summed E-state index contributed by atoms with van der Waals surface area (Å²) in [4.78, 5) is 27.1. The lowest BCUT2D eigenvalue weighted by molar-refractivity contribution is -0.192. The van der Waals surface area contributed by atoms with Crippen LogP contribution in [-0.4, -0.2) is 72.1 Å². The Labute approximate surface area is 160 Å². The molecular weight excluding hydrogens is 381 g/mol. The monoisotopic (exact) mass is 404 g/mol. The van der Waals surface area contributed by atoms with Gasteiger partial charge in [0.15, 0.2) is 0 Å². The Hall–Kier alpha value is -2.20. The van der Waals surface area contributed by atoms with E-state index in [9.17, 15) is 18.0 Å². The molecule has 10 heteroatoms. The van der Waals surface area contributed by atoms with Crippen molar-refractivity contribution in [2.75, 3.05) is 33.4 Å². The first-order valence-electron chi connectivity index (χ1n) is 8.80. The third-order valence-corrected chi connectivity index (χ3v) is 4.70. The average molecular weight is 404 g/mol. The van der Waals surface area contributed by atoms with E-state index in [0.717, 1.165) is 32.5 Å². The van der Waals surface area contributed by atoms with Crippen LogP contribution in [0.4, 0.5) is 13.2 Å². The fourth-order valence-electron chi connectivity index (χ4n) is 3.32. The number of aromatic nitrogens is 1. The van der Waals surface area contributed by atoms with Crippen LogP contribution in [0.15, 0.2) is 24.4 Å². The number of carbonyl (C=O) groups excluding carboxylic acids is 1. The molecule has 3 rings (SSSR count). The second kappa shape index (κ2) is 9.33. The Morgan fingerprint density at radius 2 is 2.07 bits per heavy atom. The van der Waals surface area contributed by atoms with E-state index in [1.54, 1.807) is 19.4 Å². The van der Waals surface area contributed by atoms with Gasteiger partial charge < -0.3 is 19.5 Å². The number of hydrogen-bond acceptors (Lipinski definition) is 5. The second-order valence-electron chi connectivity index (χ2n) is 6.85. The molecule has 1 spiro atoms. The molecule has 2 fully saturated rings. The summed E-state index contributed by atoms with van der Waals surface area (Å²) in [6.45, 7) is 2.97. The molecule has 1 atom stereocenters. The predicted molar refractivity (Wildman–Crippen MR) is 91.7 cm³/mol. The molecule has 0 radical (unpaired) electrons. The Morgan fingerprint density at radius 3 is 2.61 bits per heavy atom. The number of hydrogen-bond donors (Lipinski definition) is 1. The lowest BCUT2D eigenvalue weighted by Gasteiger charge is -2.53. The fourth-order valence-corrected chi connectivity index (χ4v) is 3.32. The maximum atomic E-state index is 12.3. The quantitative estimate of drug-likeness (QED) is 0.829. The smallest absolute Gasteiger partial charge is 0.475 e. The molecule has 3 heterocycles. The normalized spacial score (nSPS) is 20.7. The van der Waals surface area contributed by atoms with Crippen molar-refractivity contribution in [3.63, 3.8) is 0 Å². The molecule has 28 heavy (non-hydrogen) atoms. The Morgan fingerprint density at radius 1 is 1.39 bits per heavy atom. The highest BCUT2D eigenvalue weighted by molar-refractivity contribution is 5.93. The highest BCUT2D eigenvalue weighted by atomic mass is 19.4. The number of carboxylic acids is 1. The van der Waals surface area contributed by atoms with Crippen LogP contribution in [0.25, 0.3) is 0 Å². The van der Waals surface area contributed by atoms with E-state index in [1.807, 2.05) is 17.0 Å². The van der Waals surface area contributed by atoms with Crippen LogP contribution in [0.5, 0.6) is 0 Å². The zero-order chi connectivity index (χ0) is 20.8. The molecule has 2 saturated heterocycles. The Bertz CT molecular complexity index is 663. The van der Waals surface area contributed by atoms with E-state index in [-0.39, 0.29) is 11.5 Å². The first-order valence-corrected chi connectivity index (χ1v) is 8.80. The van der Waals surface area contributed by atoms with Gasteiger partial charge >= 0.3 is 12.1 Å². The van der Waals surface area contributed by atoms with Crippen LogP contribution in [0.1, 0.15) is 29.8 Å². The van der Waals surface area contributed by atoms with Gasteiger partial charge in [-0.05, 0) is 37.3 Å². The van der Waals surface area contributed by atoms with E-state index in [2.05, 4.69) is 4.98 Å².